The minimum atomic E-state index is -0.166. The Morgan fingerprint density at radius 3 is 2.58 bits per heavy atom. The molecule has 0 radical (unpaired) electrons. The van der Waals surface area contributed by atoms with E-state index in [-0.39, 0.29) is 11.6 Å². The third-order valence-corrected chi connectivity index (χ3v) is 3.57. The summed E-state index contributed by atoms with van der Waals surface area (Å²) in [6.07, 6.45) is 0.889. The van der Waals surface area contributed by atoms with Gasteiger partial charge in [-0.15, -0.1) is 0 Å². The molecular weight excluding hydrogens is 242 g/mol. The standard InChI is InChI=1S/C15H23NO3/c1-15(2,17-4)10-12(16-3)11-5-6-13-14(9-11)19-8-7-18-13/h5-6,9,12,16H,7-8,10H2,1-4H3. The van der Waals surface area contributed by atoms with Crippen LogP contribution in [-0.4, -0.2) is 33.0 Å². The number of nitrogens with one attached hydrogen (secondary N) is 1. The fourth-order valence-electron chi connectivity index (χ4n) is 2.24. The van der Waals surface area contributed by atoms with Gasteiger partial charge < -0.3 is 19.5 Å². The van der Waals surface area contributed by atoms with Crippen LogP contribution in [0.15, 0.2) is 18.2 Å². The van der Waals surface area contributed by atoms with E-state index >= 15 is 0 Å². The van der Waals surface area contributed by atoms with Gasteiger partial charge in [-0.1, -0.05) is 6.07 Å². The first kappa shape index (κ1) is 14.2. The molecule has 0 saturated heterocycles. The minimum Gasteiger partial charge on any atom is -0.486 e. The van der Waals surface area contributed by atoms with E-state index in [1.807, 2.05) is 13.1 Å². The summed E-state index contributed by atoms with van der Waals surface area (Å²) in [5.41, 5.74) is 1.03. The Labute approximate surface area is 115 Å². The summed E-state index contributed by atoms with van der Waals surface area (Å²) < 4.78 is 16.7. The molecule has 1 N–H and O–H groups in total. The first-order valence-corrected chi connectivity index (χ1v) is 6.68. The van der Waals surface area contributed by atoms with E-state index < -0.39 is 0 Å². The van der Waals surface area contributed by atoms with Crippen molar-refractivity contribution in [3.63, 3.8) is 0 Å². The molecule has 1 aliphatic rings. The molecule has 0 spiro atoms. The summed E-state index contributed by atoms with van der Waals surface area (Å²) in [4.78, 5) is 0. The fraction of sp³-hybridized carbons (Fsp3) is 0.600. The molecule has 0 saturated carbocycles. The van der Waals surface area contributed by atoms with Gasteiger partial charge in [0.05, 0.1) is 5.60 Å². The molecule has 1 unspecified atom stereocenters. The van der Waals surface area contributed by atoms with E-state index in [1.54, 1.807) is 7.11 Å². The van der Waals surface area contributed by atoms with E-state index in [0.29, 0.717) is 13.2 Å². The predicted octanol–water partition coefficient (Wildman–Crippen LogP) is 2.53. The normalized spacial score (nSPS) is 16.2. The van der Waals surface area contributed by atoms with E-state index in [0.717, 1.165) is 17.9 Å². The molecule has 0 aliphatic carbocycles. The molecule has 0 amide bonds. The molecule has 1 aliphatic heterocycles. The fourth-order valence-corrected chi connectivity index (χ4v) is 2.24. The Morgan fingerprint density at radius 2 is 1.95 bits per heavy atom. The van der Waals surface area contributed by atoms with Crippen molar-refractivity contribution in [1.29, 1.82) is 0 Å². The Hall–Kier alpha value is -1.26. The monoisotopic (exact) mass is 265 g/mol. The lowest BCUT2D eigenvalue weighted by Gasteiger charge is -2.29. The smallest absolute Gasteiger partial charge is 0.161 e. The third-order valence-electron chi connectivity index (χ3n) is 3.57. The van der Waals surface area contributed by atoms with Crippen molar-refractivity contribution in [1.82, 2.24) is 5.32 Å². The summed E-state index contributed by atoms with van der Waals surface area (Å²) in [5.74, 6) is 1.66. The molecule has 19 heavy (non-hydrogen) atoms. The second-order valence-corrected chi connectivity index (χ2v) is 5.41. The lowest BCUT2D eigenvalue weighted by Crippen LogP contribution is -2.30. The third kappa shape index (κ3) is 3.39. The second kappa shape index (κ2) is 5.80. The summed E-state index contributed by atoms with van der Waals surface area (Å²) in [7, 11) is 3.71. The van der Waals surface area contributed by atoms with Gasteiger partial charge in [-0.25, -0.2) is 0 Å². The van der Waals surface area contributed by atoms with E-state index in [4.69, 9.17) is 14.2 Å². The Bertz CT molecular complexity index is 431. The molecule has 4 heteroatoms. The summed E-state index contributed by atoms with van der Waals surface area (Å²) in [6.45, 7) is 5.42. The van der Waals surface area contributed by atoms with Crippen LogP contribution in [0, 0.1) is 0 Å². The quantitative estimate of drug-likeness (QED) is 0.888. The van der Waals surface area contributed by atoms with Crippen LogP contribution in [-0.2, 0) is 4.74 Å². The van der Waals surface area contributed by atoms with Crippen molar-refractivity contribution in [2.45, 2.75) is 31.9 Å². The molecule has 2 rings (SSSR count). The number of hydrogen-bond donors (Lipinski definition) is 1. The average Bonchev–Trinajstić information content (AvgIpc) is 2.44. The molecule has 0 bridgehead atoms. The van der Waals surface area contributed by atoms with E-state index in [1.165, 1.54) is 5.56 Å². The summed E-state index contributed by atoms with van der Waals surface area (Å²) in [6, 6.07) is 6.35. The Morgan fingerprint density at radius 1 is 1.26 bits per heavy atom. The minimum absolute atomic E-state index is 0.166. The molecule has 106 valence electrons. The Kier molecular flexibility index (Phi) is 4.32. The maximum absolute atomic E-state index is 5.63. The van der Waals surface area contributed by atoms with Crippen LogP contribution in [0.2, 0.25) is 0 Å². The number of methoxy groups -OCH3 is 1. The highest BCUT2D eigenvalue weighted by Crippen LogP contribution is 2.34. The SMILES string of the molecule is CNC(CC(C)(C)OC)c1ccc2c(c1)OCCO2. The first-order chi connectivity index (χ1) is 9.05. The van der Waals surface area contributed by atoms with Crippen LogP contribution < -0.4 is 14.8 Å². The van der Waals surface area contributed by atoms with Crippen molar-refractivity contribution in [3.05, 3.63) is 23.8 Å². The topological polar surface area (TPSA) is 39.7 Å². The number of fused-ring (bicyclic) bond motifs is 1. The molecule has 1 aromatic carbocycles. The zero-order chi connectivity index (χ0) is 13.9. The Balaban J connectivity index is 2.19. The highest BCUT2D eigenvalue weighted by molar-refractivity contribution is 5.44. The van der Waals surface area contributed by atoms with Crippen molar-refractivity contribution in [2.75, 3.05) is 27.4 Å². The van der Waals surface area contributed by atoms with E-state index in [9.17, 15) is 0 Å². The lowest BCUT2D eigenvalue weighted by atomic mass is 9.93. The predicted molar refractivity (Wildman–Crippen MR) is 74.9 cm³/mol. The second-order valence-electron chi connectivity index (χ2n) is 5.41. The molecule has 0 aromatic heterocycles. The zero-order valence-electron chi connectivity index (χ0n) is 12.2. The summed E-state index contributed by atoms with van der Waals surface area (Å²) >= 11 is 0. The lowest BCUT2D eigenvalue weighted by molar-refractivity contribution is 0.00741. The number of hydrogen-bond acceptors (Lipinski definition) is 4. The summed E-state index contributed by atoms with van der Waals surface area (Å²) in [5, 5.41) is 3.34. The van der Waals surface area contributed by atoms with Gasteiger partial charge in [-0.2, -0.15) is 0 Å². The van der Waals surface area contributed by atoms with Crippen LogP contribution in [0.5, 0.6) is 11.5 Å². The zero-order valence-corrected chi connectivity index (χ0v) is 12.2. The largest absolute Gasteiger partial charge is 0.486 e. The maximum atomic E-state index is 5.63. The van der Waals surface area contributed by atoms with Crippen LogP contribution in [0.4, 0.5) is 0 Å². The van der Waals surface area contributed by atoms with Crippen LogP contribution >= 0.6 is 0 Å². The highest BCUT2D eigenvalue weighted by atomic mass is 16.6. The molecule has 1 heterocycles. The van der Waals surface area contributed by atoms with Crippen LogP contribution in [0.1, 0.15) is 31.9 Å². The van der Waals surface area contributed by atoms with Crippen molar-refractivity contribution in [2.24, 2.45) is 0 Å². The maximum Gasteiger partial charge on any atom is 0.161 e. The molecule has 1 atom stereocenters. The van der Waals surface area contributed by atoms with Gasteiger partial charge >= 0.3 is 0 Å². The first-order valence-electron chi connectivity index (χ1n) is 6.68. The average molecular weight is 265 g/mol. The molecule has 0 fully saturated rings. The van der Waals surface area contributed by atoms with Crippen molar-refractivity contribution < 1.29 is 14.2 Å². The van der Waals surface area contributed by atoms with Crippen molar-refractivity contribution in [3.8, 4) is 11.5 Å². The van der Waals surface area contributed by atoms with Crippen molar-refractivity contribution >= 4 is 0 Å². The molecular formula is C15H23NO3. The van der Waals surface area contributed by atoms with Gasteiger partial charge in [-0.05, 0) is 45.0 Å². The molecule has 1 aromatic rings. The number of ether oxygens (including phenoxy) is 3. The highest BCUT2D eigenvalue weighted by Gasteiger charge is 2.24. The number of rotatable bonds is 5. The van der Waals surface area contributed by atoms with Gasteiger partial charge in [0.2, 0.25) is 0 Å². The van der Waals surface area contributed by atoms with Gasteiger partial charge in [0, 0.05) is 13.2 Å². The van der Waals surface area contributed by atoms with Gasteiger partial charge in [0.1, 0.15) is 13.2 Å². The van der Waals surface area contributed by atoms with Gasteiger partial charge in [-0.3, -0.25) is 0 Å². The van der Waals surface area contributed by atoms with Crippen LogP contribution in [0.3, 0.4) is 0 Å². The van der Waals surface area contributed by atoms with Crippen LogP contribution in [0.25, 0.3) is 0 Å². The van der Waals surface area contributed by atoms with Gasteiger partial charge in [0.15, 0.2) is 11.5 Å². The van der Waals surface area contributed by atoms with E-state index in [2.05, 4.69) is 31.3 Å². The number of benzene rings is 1. The molecule has 4 nitrogen and oxygen atoms in total. The van der Waals surface area contributed by atoms with Gasteiger partial charge in [0.25, 0.3) is 0 Å².